The van der Waals surface area contributed by atoms with E-state index in [-0.39, 0.29) is 5.75 Å². The number of benzene rings is 3. The van der Waals surface area contributed by atoms with Crippen LogP contribution in [0.3, 0.4) is 0 Å². The first-order valence-corrected chi connectivity index (χ1v) is 11.6. The van der Waals surface area contributed by atoms with Gasteiger partial charge in [0.1, 0.15) is 23.0 Å². The van der Waals surface area contributed by atoms with Crippen LogP contribution in [0, 0.1) is 6.92 Å². The molecule has 174 valence electrons. The average molecular weight is 471 g/mol. The highest BCUT2D eigenvalue weighted by Gasteiger charge is 2.24. The van der Waals surface area contributed by atoms with E-state index in [0.29, 0.717) is 28.9 Å². The lowest BCUT2D eigenvalue weighted by Gasteiger charge is -2.22. The second kappa shape index (κ2) is 9.00. The summed E-state index contributed by atoms with van der Waals surface area (Å²) in [6.07, 6.45) is 3.60. The van der Waals surface area contributed by atoms with Crippen LogP contribution in [0.25, 0.3) is 33.3 Å². The van der Waals surface area contributed by atoms with Crippen molar-refractivity contribution in [3.63, 3.8) is 0 Å². The van der Waals surface area contributed by atoms with Crippen LogP contribution in [-0.4, -0.2) is 20.1 Å². The topological polar surface area (TPSA) is 75.3 Å². The van der Waals surface area contributed by atoms with E-state index in [4.69, 9.17) is 14.4 Å². The SMILES string of the molecule is Cc1oc(N(c2cccc(-c3ccccc3)n2)c2cccc3cnccc23)nc1-c1ccccc1O. The lowest BCUT2D eigenvalue weighted by molar-refractivity contribution is 0.476. The van der Waals surface area contributed by atoms with Gasteiger partial charge in [0.25, 0.3) is 0 Å². The summed E-state index contributed by atoms with van der Waals surface area (Å²) >= 11 is 0. The number of fused-ring (bicyclic) bond motifs is 1. The third-order valence-electron chi connectivity index (χ3n) is 6.07. The average Bonchev–Trinajstić information content (AvgIpc) is 3.30. The molecule has 1 N–H and O–H groups in total. The zero-order valence-corrected chi connectivity index (χ0v) is 19.5. The van der Waals surface area contributed by atoms with Gasteiger partial charge in [-0.25, -0.2) is 9.88 Å². The number of para-hydroxylation sites is 1. The van der Waals surface area contributed by atoms with Crippen molar-refractivity contribution in [2.45, 2.75) is 6.92 Å². The molecule has 3 aromatic carbocycles. The summed E-state index contributed by atoms with van der Waals surface area (Å²) in [6, 6.07) is 31.4. The van der Waals surface area contributed by atoms with Gasteiger partial charge in [-0.15, -0.1) is 0 Å². The summed E-state index contributed by atoms with van der Waals surface area (Å²) in [5.74, 6) is 1.40. The molecule has 6 heteroatoms. The van der Waals surface area contributed by atoms with Crippen LogP contribution < -0.4 is 4.90 Å². The lowest BCUT2D eigenvalue weighted by atomic mass is 10.1. The molecule has 0 saturated carbocycles. The minimum absolute atomic E-state index is 0.146. The zero-order valence-electron chi connectivity index (χ0n) is 19.5. The van der Waals surface area contributed by atoms with Gasteiger partial charge in [-0.1, -0.05) is 60.7 Å². The molecule has 0 atom stereocenters. The van der Waals surface area contributed by atoms with E-state index in [1.165, 1.54) is 0 Å². The molecule has 0 aliphatic heterocycles. The fourth-order valence-corrected chi connectivity index (χ4v) is 4.34. The molecule has 3 aromatic heterocycles. The van der Waals surface area contributed by atoms with Crippen LogP contribution in [0.15, 0.2) is 114 Å². The van der Waals surface area contributed by atoms with Gasteiger partial charge in [-0.2, -0.15) is 4.98 Å². The van der Waals surface area contributed by atoms with Crippen LogP contribution in [0.1, 0.15) is 5.76 Å². The Bertz CT molecular complexity index is 1670. The Hall–Kier alpha value is -4.97. The standard InChI is InChI=1S/C30H22N4O2/c1-20-29(24-12-5-6-15-27(24)35)33-30(36-20)34(26-14-7-11-22-19-31-18-17-23(22)26)28-16-8-13-25(32-28)21-9-3-2-4-10-21/h2-19,35H,1H3. The Morgan fingerprint density at radius 3 is 2.44 bits per heavy atom. The molecule has 6 nitrogen and oxygen atoms in total. The highest BCUT2D eigenvalue weighted by molar-refractivity contribution is 5.97. The second-order valence-electron chi connectivity index (χ2n) is 8.37. The van der Waals surface area contributed by atoms with Crippen LogP contribution in [-0.2, 0) is 0 Å². The number of nitrogens with zero attached hydrogens (tertiary/aromatic N) is 4. The first kappa shape index (κ1) is 21.6. The predicted molar refractivity (Wildman–Crippen MR) is 142 cm³/mol. The number of hydrogen-bond acceptors (Lipinski definition) is 6. The predicted octanol–water partition coefficient (Wildman–Crippen LogP) is 7.44. The van der Waals surface area contributed by atoms with E-state index in [9.17, 15) is 5.11 Å². The van der Waals surface area contributed by atoms with Crippen molar-refractivity contribution in [2.24, 2.45) is 0 Å². The maximum atomic E-state index is 10.5. The molecule has 0 amide bonds. The van der Waals surface area contributed by atoms with E-state index < -0.39 is 0 Å². The number of oxazole rings is 1. The van der Waals surface area contributed by atoms with E-state index in [2.05, 4.69) is 4.98 Å². The van der Waals surface area contributed by atoms with Crippen molar-refractivity contribution in [3.8, 4) is 28.3 Å². The van der Waals surface area contributed by atoms with Gasteiger partial charge in [-0.05, 0) is 43.3 Å². The quantitative estimate of drug-likeness (QED) is 0.282. The first-order chi connectivity index (χ1) is 17.7. The van der Waals surface area contributed by atoms with Crippen LogP contribution >= 0.6 is 0 Å². The largest absolute Gasteiger partial charge is 0.507 e. The monoisotopic (exact) mass is 470 g/mol. The maximum absolute atomic E-state index is 10.5. The summed E-state index contributed by atoms with van der Waals surface area (Å²) in [7, 11) is 0. The van der Waals surface area contributed by atoms with Gasteiger partial charge in [0, 0.05) is 34.3 Å². The number of phenolic OH excluding ortho intramolecular Hbond substituents is 1. The third kappa shape index (κ3) is 3.84. The van der Waals surface area contributed by atoms with Gasteiger partial charge in [0.2, 0.25) is 0 Å². The van der Waals surface area contributed by atoms with Gasteiger partial charge < -0.3 is 9.52 Å². The van der Waals surface area contributed by atoms with Gasteiger partial charge in [0.05, 0.1) is 11.4 Å². The highest BCUT2D eigenvalue weighted by Crippen LogP contribution is 2.41. The number of aromatic hydroxyl groups is 1. The van der Waals surface area contributed by atoms with Gasteiger partial charge >= 0.3 is 6.01 Å². The number of anilines is 3. The van der Waals surface area contributed by atoms with Crippen molar-refractivity contribution >= 4 is 28.3 Å². The Labute approximate surface area is 208 Å². The van der Waals surface area contributed by atoms with Crippen LogP contribution in [0.5, 0.6) is 5.75 Å². The van der Waals surface area contributed by atoms with Crippen molar-refractivity contribution < 1.29 is 9.52 Å². The Morgan fingerprint density at radius 1 is 0.778 bits per heavy atom. The van der Waals surface area contributed by atoms with Crippen molar-refractivity contribution in [2.75, 3.05) is 4.90 Å². The minimum Gasteiger partial charge on any atom is -0.507 e. The van der Waals surface area contributed by atoms with E-state index in [1.807, 2.05) is 103 Å². The molecule has 3 heterocycles. The molecule has 0 spiro atoms. The normalized spacial score (nSPS) is 11.0. The third-order valence-corrected chi connectivity index (χ3v) is 6.07. The minimum atomic E-state index is 0.146. The summed E-state index contributed by atoms with van der Waals surface area (Å²) in [5.41, 5.74) is 3.90. The molecule has 0 aliphatic carbocycles. The molecule has 6 aromatic rings. The zero-order chi connectivity index (χ0) is 24.5. The fourth-order valence-electron chi connectivity index (χ4n) is 4.34. The smallest absolute Gasteiger partial charge is 0.308 e. The molecule has 0 radical (unpaired) electrons. The number of aromatic nitrogens is 3. The Balaban J connectivity index is 1.57. The number of pyridine rings is 2. The molecular formula is C30H22N4O2. The van der Waals surface area contributed by atoms with E-state index in [1.54, 1.807) is 18.3 Å². The van der Waals surface area contributed by atoms with Crippen molar-refractivity contribution in [1.82, 2.24) is 15.0 Å². The number of phenols is 1. The molecule has 0 bridgehead atoms. The van der Waals surface area contributed by atoms with Crippen LogP contribution in [0.4, 0.5) is 17.5 Å². The molecule has 0 unspecified atom stereocenters. The first-order valence-electron chi connectivity index (χ1n) is 11.6. The molecule has 6 rings (SSSR count). The summed E-state index contributed by atoms with van der Waals surface area (Å²) in [4.78, 5) is 16.0. The van der Waals surface area contributed by atoms with Crippen molar-refractivity contribution in [3.05, 3.63) is 115 Å². The highest BCUT2D eigenvalue weighted by atomic mass is 16.4. The summed E-state index contributed by atoms with van der Waals surface area (Å²) in [5, 5.41) is 12.4. The van der Waals surface area contributed by atoms with Crippen molar-refractivity contribution in [1.29, 1.82) is 0 Å². The summed E-state index contributed by atoms with van der Waals surface area (Å²) < 4.78 is 6.24. The Morgan fingerprint density at radius 2 is 1.58 bits per heavy atom. The molecular weight excluding hydrogens is 448 g/mol. The number of hydrogen-bond donors (Lipinski definition) is 1. The Kier molecular flexibility index (Phi) is 5.39. The van der Waals surface area contributed by atoms with Gasteiger partial charge in [-0.3, -0.25) is 4.98 Å². The molecule has 0 aliphatic rings. The second-order valence-corrected chi connectivity index (χ2v) is 8.37. The fraction of sp³-hybridized carbons (Fsp3) is 0.0333. The molecule has 0 fully saturated rings. The molecule has 36 heavy (non-hydrogen) atoms. The summed E-state index contributed by atoms with van der Waals surface area (Å²) in [6.45, 7) is 1.84. The van der Waals surface area contributed by atoms with E-state index >= 15 is 0 Å². The number of aryl methyl sites for hydroxylation is 1. The van der Waals surface area contributed by atoms with E-state index in [0.717, 1.165) is 27.7 Å². The maximum Gasteiger partial charge on any atom is 0.308 e. The van der Waals surface area contributed by atoms with Crippen LogP contribution in [0.2, 0.25) is 0 Å². The molecule has 0 saturated heterocycles. The lowest BCUT2D eigenvalue weighted by Crippen LogP contribution is -2.13. The van der Waals surface area contributed by atoms with Gasteiger partial charge in [0.15, 0.2) is 0 Å². The number of rotatable bonds is 5.